The minimum Gasteiger partial charge on any atom is -0.399 e. The second-order valence-corrected chi connectivity index (χ2v) is 6.21. The standard InChI is InChI=1S/C14H15FN2O2S/c1-10-2-5-12(15)8-14(10)20(18,19)17-9-11-3-6-13(16)7-4-11/h2-8,17H,9,16H2,1H3. The molecular weight excluding hydrogens is 279 g/mol. The molecule has 0 saturated heterocycles. The molecule has 0 spiro atoms. The Labute approximate surface area is 117 Å². The van der Waals surface area contributed by atoms with Gasteiger partial charge in [0.2, 0.25) is 10.0 Å². The number of anilines is 1. The number of sulfonamides is 1. The molecule has 0 aromatic heterocycles. The Kier molecular flexibility index (Phi) is 4.06. The van der Waals surface area contributed by atoms with E-state index in [1.54, 1.807) is 31.2 Å². The first-order valence-corrected chi connectivity index (χ1v) is 7.47. The van der Waals surface area contributed by atoms with E-state index in [9.17, 15) is 12.8 Å². The van der Waals surface area contributed by atoms with Crippen LogP contribution in [0.5, 0.6) is 0 Å². The van der Waals surface area contributed by atoms with Crippen LogP contribution in [0.3, 0.4) is 0 Å². The van der Waals surface area contributed by atoms with Gasteiger partial charge in [0.15, 0.2) is 0 Å². The zero-order chi connectivity index (χ0) is 14.8. The molecule has 3 N–H and O–H groups in total. The summed E-state index contributed by atoms with van der Waals surface area (Å²) in [6, 6.07) is 10.5. The van der Waals surface area contributed by atoms with Crippen molar-refractivity contribution >= 4 is 15.7 Å². The first-order valence-electron chi connectivity index (χ1n) is 5.99. The van der Waals surface area contributed by atoms with E-state index in [1.165, 1.54) is 12.1 Å². The third-order valence-corrected chi connectivity index (χ3v) is 4.43. The molecule has 20 heavy (non-hydrogen) atoms. The summed E-state index contributed by atoms with van der Waals surface area (Å²) in [7, 11) is -3.74. The number of benzene rings is 2. The molecule has 0 atom stereocenters. The van der Waals surface area contributed by atoms with Gasteiger partial charge in [-0.2, -0.15) is 0 Å². The minimum absolute atomic E-state index is 0.0482. The van der Waals surface area contributed by atoms with Gasteiger partial charge in [-0.15, -0.1) is 0 Å². The third-order valence-electron chi connectivity index (χ3n) is 2.89. The summed E-state index contributed by atoms with van der Waals surface area (Å²) >= 11 is 0. The maximum absolute atomic E-state index is 13.2. The Morgan fingerprint density at radius 2 is 1.80 bits per heavy atom. The number of halogens is 1. The Balaban J connectivity index is 2.19. The highest BCUT2D eigenvalue weighted by Gasteiger charge is 2.17. The van der Waals surface area contributed by atoms with Gasteiger partial charge in [-0.3, -0.25) is 0 Å². The Hall–Kier alpha value is -1.92. The topological polar surface area (TPSA) is 72.2 Å². The lowest BCUT2D eigenvalue weighted by atomic mass is 10.2. The van der Waals surface area contributed by atoms with Crippen LogP contribution in [-0.4, -0.2) is 8.42 Å². The molecule has 0 amide bonds. The summed E-state index contributed by atoms with van der Waals surface area (Å²) in [6.07, 6.45) is 0. The van der Waals surface area contributed by atoms with E-state index in [2.05, 4.69) is 4.72 Å². The van der Waals surface area contributed by atoms with Gasteiger partial charge in [0.05, 0.1) is 4.90 Å². The van der Waals surface area contributed by atoms with Gasteiger partial charge in [-0.25, -0.2) is 17.5 Å². The lowest BCUT2D eigenvalue weighted by Gasteiger charge is -2.09. The molecule has 0 bridgehead atoms. The molecule has 0 aliphatic heterocycles. The predicted octanol–water partition coefficient (Wildman–Crippen LogP) is 2.19. The predicted molar refractivity (Wildman–Crippen MR) is 76.0 cm³/mol. The van der Waals surface area contributed by atoms with E-state index in [-0.39, 0.29) is 11.4 Å². The fourth-order valence-electron chi connectivity index (χ4n) is 1.76. The zero-order valence-corrected chi connectivity index (χ0v) is 11.7. The third kappa shape index (κ3) is 3.34. The molecule has 4 nitrogen and oxygen atoms in total. The Morgan fingerprint density at radius 1 is 1.15 bits per heavy atom. The van der Waals surface area contributed by atoms with Crippen molar-refractivity contribution in [3.8, 4) is 0 Å². The largest absolute Gasteiger partial charge is 0.399 e. The maximum atomic E-state index is 13.2. The molecule has 0 aliphatic carbocycles. The first-order chi connectivity index (χ1) is 9.38. The van der Waals surface area contributed by atoms with Crippen molar-refractivity contribution in [3.05, 3.63) is 59.4 Å². The monoisotopic (exact) mass is 294 g/mol. The summed E-state index contributed by atoms with van der Waals surface area (Å²) in [5.74, 6) is -0.580. The summed E-state index contributed by atoms with van der Waals surface area (Å²) in [6.45, 7) is 1.75. The molecule has 2 aromatic rings. The number of aryl methyl sites for hydroxylation is 1. The fourth-order valence-corrected chi connectivity index (χ4v) is 3.03. The van der Waals surface area contributed by atoms with Crippen LogP contribution in [0.25, 0.3) is 0 Å². The van der Waals surface area contributed by atoms with Crippen LogP contribution < -0.4 is 10.5 Å². The molecule has 0 fully saturated rings. The molecule has 0 aliphatic rings. The maximum Gasteiger partial charge on any atom is 0.241 e. The fraction of sp³-hybridized carbons (Fsp3) is 0.143. The van der Waals surface area contributed by atoms with Crippen LogP contribution in [-0.2, 0) is 16.6 Å². The van der Waals surface area contributed by atoms with E-state index >= 15 is 0 Å². The average Bonchev–Trinajstić information content (AvgIpc) is 2.41. The average molecular weight is 294 g/mol. The molecule has 6 heteroatoms. The second-order valence-electron chi connectivity index (χ2n) is 4.48. The van der Waals surface area contributed by atoms with Crippen LogP contribution in [0, 0.1) is 12.7 Å². The van der Waals surface area contributed by atoms with Gasteiger partial charge < -0.3 is 5.73 Å². The van der Waals surface area contributed by atoms with Crippen molar-refractivity contribution in [2.24, 2.45) is 0 Å². The zero-order valence-electron chi connectivity index (χ0n) is 10.9. The van der Waals surface area contributed by atoms with E-state index in [4.69, 9.17) is 5.73 Å². The number of nitrogen functional groups attached to an aromatic ring is 1. The summed E-state index contributed by atoms with van der Waals surface area (Å²) in [5, 5.41) is 0. The van der Waals surface area contributed by atoms with E-state index in [0.29, 0.717) is 11.3 Å². The minimum atomic E-state index is -3.74. The first kappa shape index (κ1) is 14.5. The molecular formula is C14H15FN2O2S. The molecule has 0 unspecified atom stereocenters. The van der Waals surface area contributed by atoms with E-state index in [1.807, 2.05) is 0 Å². The number of hydrogen-bond acceptors (Lipinski definition) is 3. The number of rotatable bonds is 4. The van der Waals surface area contributed by atoms with E-state index < -0.39 is 15.8 Å². The van der Waals surface area contributed by atoms with E-state index in [0.717, 1.165) is 11.6 Å². The molecule has 0 saturated carbocycles. The normalized spacial score (nSPS) is 11.5. The molecule has 2 aromatic carbocycles. The highest BCUT2D eigenvalue weighted by Crippen LogP contribution is 2.16. The number of hydrogen-bond donors (Lipinski definition) is 2. The van der Waals surface area contributed by atoms with Crippen molar-refractivity contribution < 1.29 is 12.8 Å². The van der Waals surface area contributed by atoms with Crippen molar-refractivity contribution in [2.45, 2.75) is 18.4 Å². The van der Waals surface area contributed by atoms with Gasteiger partial charge in [0.25, 0.3) is 0 Å². The van der Waals surface area contributed by atoms with Gasteiger partial charge in [0, 0.05) is 12.2 Å². The van der Waals surface area contributed by atoms with Crippen LogP contribution in [0.15, 0.2) is 47.4 Å². The number of nitrogens with two attached hydrogens (primary N) is 1. The summed E-state index contributed by atoms with van der Waals surface area (Å²) in [4.78, 5) is -0.0482. The van der Waals surface area contributed by atoms with Crippen molar-refractivity contribution in [2.75, 3.05) is 5.73 Å². The summed E-state index contributed by atoms with van der Waals surface area (Å²) in [5.41, 5.74) is 7.44. The van der Waals surface area contributed by atoms with Gasteiger partial charge in [0.1, 0.15) is 5.82 Å². The van der Waals surface area contributed by atoms with Crippen LogP contribution in [0.2, 0.25) is 0 Å². The quantitative estimate of drug-likeness (QED) is 0.849. The molecule has 0 heterocycles. The van der Waals surface area contributed by atoms with Crippen LogP contribution in [0.4, 0.5) is 10.1 Å². The van der Waals surface area contributed by atoms with Crippen molar-refractivity contribution in [1.29, 1.82) is 0 Å². The van der Waals surface area contributed by atoms with Gasteiger partial charge >= 0.3 is 0 Å². The highest BCUT2D eigenvalue weighted by molar-refractivity contribution is 7.89. The second kappa shape index (κ2) is 5.60. The SMILES string of the molecule is Cc1ccc(F)cc1S(=O)(=O)NCc1ccc(N)cc1. The smallest absolute Gasteiger partial charge is 0.241 e. The Morgan fingerprint density at radius 3 is 2.45 bits per heavy atom. The van der Waals surface area contributed by atoms with Crippen LogP contribution in [0.1, 0.15) is 11.1 Å². The highest BCUT2D eigenvalue weighted by atomic mass is 32.2. The van der Waals surface area contributed by atoms with Crippen molar-refractivity contribution in [1.82, 2.24) is 4.72 Å². The Bertz CT molecular complexity index is 712. The number of nitrogens with one attached hydrogen (secondary N) is 1. The molecule has 106 valence electrons. The summed E-state index contributed by atoms with van der Waals surface area (Å²) < 4.78 is 39.9. The van der Waals surface area contributed by atoms with Crippen LogP contribution >= 0.6 is 0 Å². The molecule has 2 rings (SSSR count). The molecule has 0 radical (unpaired) electrons. The lowest BCUT2D eigenvalue weighted by Crippen LogP contribution is -2.24. The van der Waals surface area contributed by atoms with Gasteiger partial charge in [-0.05, 0) is 42.3 Å². The van der Waals surface area contributed by atoms with Crippen molar-refractivity contribution in [3.63, 3.8) is 0 Å². The van der Waals surface area contributed by atoms with Gasteiger partial charge in [-0.1, -0.05) is 18.2 Å². The lowest BCUT2D eigenvalue weighted by molar-refractivity contribution is 0.576.